The largest absolute Gasteiger partial charge is 0.244 e. The molecule has 0 aromatic heterocycles. The molecule has 0 aromatic carbocycles. The topological polar surface area (TPSA) is 0 Å². The minimum absolute atomic E-state index is 0.0607. The Balaban J connectivity index is 1.15. The van der Waals surface area contributed by atoms with E-state index in [2.05, 4.69) is 6.92 Å². The van der Waals surface area contributed by atoms with E-state index in [0.29, 0.717) is 17.8 Å². The molecule has 0 aromatic rings. The van der Waals surface area contributed by atoms with Crippen LogP contribution >= 0.6 is 0 Å². The molecule has 36 heavy (non-hydrogen) atoms. The van der Waals surface area contributed by atoms with Crippen molar-refractivity contribution in [1.82, 2.24) is 0 Å². The summed E-state index contributed by atoms with van der Waals surface area (Å²) < 4.78 is 59.4. The second kappa shape index (κ2) is 13.7. The SMILES string of the molecule is CCCCCC1CCC(C2CCC(CCC3CCC(C4CCC(C)C(F)C4F)CC3)C(F)C2F)CC1. The van der Waals surface area contributed by atoms with Gasteiger partial charge in [0.1, 0.15) is 24.7 Å². The van der Waals surface area contributed by atoms with Gasteiger partial charge in [-0.1, -0.05) is 71.6 Å². The van der Waals surface area contributed by atoms with Gasteiger partial charge in [-0.2, -0.15) is 0 Å². The Morgan fingerprint density at radius 3 is 1.61 bits per heavy atom. The molecule has 4 fully saturated rings. The lowest BCUT2D eigenvalue weighted by Gasteiger charge is -2.42. The Labute approximate surface area is 219 Å². The third kappa shape index (κ3) is 7.02. The molecule has 0 saturated heterocycles. The van der Waals surface area contributed by atoms with Crippen molar-refractivity contribution in [2.45, 2.75) is 154 Å². The van der Waals surface area contributed by atoms with Gasteiger partial charge in [-0.15, -0.1) is 0 Å². The first-order valence-electron chi connectivity index (χ1n) is 15.9. The minimum Gasteiger partial charge on any atom is -0.244 e. The molecular weight excluding hydrogens is 460 g/mol. The van der Waals surface area contributed by atoms with Gasteiger partial charge in [-0.25, -0.2) is 17.6 Å². The monoisotopic (exact) mass is 514 g/mol. The first kappa shape index (κ1) is 28.7. The van der Waals surface area contributed by atoms with Crippen LogP contribution in [-0.2, 0) is 0 Å². The highest BCUT2D eigenvalue weighted by Crippen LogP contribution is 2.47. The van der Waals surface area contributed by atoms with Gasteiger partial charge in [0.05, 0.1) is 0 Å². The lowest BCUT2D eigenvalue weighted by Crippen LogP contribution is -2.42. The summed E-state index contributed by atoms with van der Waals surface area (Å²) in [7, 11) is 0. The molecule has 4 rings (SSSR count). The Morgan fingerprint density at radius 1 is 0.500 bits per heavy atom. The first-order valence-corrected chi connectivity index (χ1v) is 15.9. The maximum absolute atomic E-state index is 15.3. The zero-order valence-electron chi connectivity index (χ0n) is 23.2. The highest BCUT2D eigenvalue weighted by molar-refractivity contribution is 4.94. The summed E-state index contributed by atoms with van der Waals surface area (Å²) in [5.41, 5.74) is 0. The standard InChI is InChI=1S/C32H54F4/c1-3-4-5-6-22-8-13-25(14-9-22)28-20-18-26(30(34)32(28)36)17-12-23-10-15-24(16-11-23)27-19-7-21(2)29(33)31(27)35/h21-32H,3-20H2,1-2H3. The van der Waals surface area contributed by atoms with E-state index >= 15 is 8.78 Å². The molecule has 0 aliphatic heterocycles. The molecule has 210 valence electrons. The van der Waals surface area contributed by atoms with Crippen molar-refractivity contribution in [3.8, 4) is 0 Å². The van der Waals surface area contributed by atoms with E-state index in [1.807, 2.05) is 6.92 Å². The molecule has 0 amide bonds. The summed E-state index contributed by atoms with van der Waals surface area (Å²) in [6.07, 6.45) is 13.9. The van der Waals surface area contributed by atoms with Gasteiger partial charge in [0, 0.05) is 0 Å². The fraction of sp³-hybridized carbons (Fsp3) is 1.00. The van der Waals surface area contributed by atoms with Crippen LogP contribution in [0.15, 0.2) is 0 Å². The summed E-state index contributed by atoms with van der Waals surface area (Å²) in [6.45, 7) is 4.08. The lowest BCUT2D eigenvalue weighted by molar-refractivity contribution is -0.0184. The Kier molecular flexibility index (Phi) is 10.9. The third-order valence-electron chi connectivity index (χ3n) is 11.4. The van der Waals surface area contributed by atoms with Crippen LogP contribution in [-0.4, -0.2) is 24.7 Å². The van der Waals surface area contributed by atoms with Crippen molar-refractivity contribution in [2.24, 2.45) is 47.3 Å². The van der Waals surface area contributed by atoms with Crippen molar-refractivity contribution >= 4 is 0 Å². The molecule has 0 N–H and O–H groups in total. The Morgan fingerprint density at radius 2 is 1.03 bits per heavy atom. The first-order chi connectivity index (χ1) is 17.4. The molecular formula is C32H54F4. The van der Waals surface area contributed by atoms with Crippen molar-refractivity contribution in [2.75, 3.05) is 0 Å². The van der Waals surface area contributed by atoms with Gasteiger partial charge >= 0.3 is 0 Å². The number of halogens is 4. The average Bonchev–Trinajstić information content (AvgIpc) is 2.89. The number of rotatable bonds is 9. The van der Waals surface area contributed by atoms with Crippen LogP contribution in [0.2, 0.25) is 0 Å². The summed E-state index contributed by atoms with van der Waals surface area (Å²) >= 11 is 0. The Bertz CT molecular complexity index is 624. The molecule has 0 spiro atoms. The van der Waals surface area contributed by atoms with Crippen LogP contribution < -0.4 is 0 Å². The molecule has 0 nitrogen and oxygen atoms in total. The zero-order chi connectivity index (χ0) is 25.7. The molecule has 8 unspecified atom stereocenters. The predicted octanol–water partition coefficient (Wildman–Crippen LogP) is 10.4. The van der Waals surface area contributed by atoms with Crippen LogP contribution in [0, 0.1) is 47.3 Å². The summed E-state index contributed by atoms with van der Waals surface area (Å²) in [5, 5.41) is 0. The van der Waals surface area contributed by atoms with Gasteiger partial charge < -0.3 is 0 Å². The highest BCUT2D eigenvalue weighted by atomic mass is 19.2. The van der Waals surface area contributed by atoms with Gasteiger partial charge in [0.15, 0.2) is 0 Å². The maximum atomic E-state index is 15.3. The minimum atomic E-state index is -1.30. The molecule has 4 heteroatoms. The molecule has 4 aliphatic rings. The molecule has 0 heterocycles. The van der Waals surface area contributed by atoms with Crippen LogP contribution in [0.25, 0.3) is 0 Å². The second-order valence-electron chi connectivity index (χ2n) is 13.6. The smallest absolute Gasteiger partial charge is 0.134 e. The Hall–Kier alpha value is -0.280. The molecule has 4 aliphatic carbocycles. The van der Waals surface area contributed by atoms with Gasteiger partial charge in [-0.05, 0) is 105 Å². The van der Waals surface area contributed by atoms with E-state index in [1.165, 1.54) is 38.5 Å². The van der Waals surface area contributed by atoms with Crippen LogP contribution in [0.1, 0.15) is 129 Å². The van der Waals surface area contributed by atoms with Crippen LogP contribution in [0.3, 0.4) is 0 Å². The van der Waals surface area contributed by atoms with Crippen LogP contribution in [0.4, 0.5) is 17.6 Å². The van der Waals surface area contributed by atoms with Crippen molar-refractivity contribution < 1.29 is 17.6 Å². The van der Waals surface area contributed by atoms with E-state index in [0.717, 1.165) is 83.0 Å². The number of unbranched alkanes of at least 4 members (excludes halogenated alkanes) is 2. The summed E-state index contributed by atoms with van der Waals surface area (Å²) in [4.78, 5) is 0. The fourth-order valence-corrected chi connectivity index (χ4v) is 8.78. The molecule has 0 bridgehead atoms. The lowest BCUT2D eigenvalue weighted by atomic mass is 9.65. The fourth-order valence-electron chi connectivity index (χ4n) is 8.78. The van der Waals surface area contributed by atoms with Crippen molar-refractivity contribution in [1.29, 1.82) is 0 Å². The third-order valence-corrected chi connectivity index (χ3v) is 11.4. The van der Waals surface area contributed by atoms with E-state index in [-0.39, 0.29) is 23.7 Å². The number of hydrogen-bond donors (Lipinski definition) is 0. The average molecular weight is 515 g/mol. The molecule has 0 radical (unpaired) electrons. The van der Waals surface area contributed by atoms with E-state index in [1.54, 1.807) is 0 Å². The quantitative estimate of drug-likeness (QED) is 0.212. The van der Waals surface area contributed by atoms with Gasteiger partial charge in [0.25, 0.3) is 0 Å². The second-order valence-corrected chi connectivity index (χ2v) is 13.6. The van der Waals surface area contributed by atoms with Crippen molar-refractivity contribution in [3.63, 3.8) is 0 Å². The normalized spacial score (nSPS) is 46.5. The summed E-state index contributed by atoms with van der Waals surface area (Å²) in [5.74, 6) is 1.62. The maximum Gasteiger partial charge on any atom is 0.134 e. The number of hydrogen-bond acceptors (Lipinski definition) is 0. The van der Waals surface area contributed by atoms with Gasteiger partial charge in [-0.3, -0.25) is 0 Å². The van der Waals surface area contributed by atoms with Crippen molar-refractivity contribution in [3.05, 3.63) is 0 Å². The molecule has 4 saturated carbocycles. The number of alkyl halides is 4. The molecule has 8 atom stereocenters. The highest BCUT2D eigenvalue weighted by Gasteiger charge is 2.45. The van der Waals surface area contributed by atoms with E-state index in [4.69, 9.17) is 0 Å². The van der Waals surface area contributed by atoms with E-state index in [9.17, 15) is 8.78 Å². The van der Waals surface area contributed by atoms with Gasteiger partial charge in [0.2, 0.25) is 0 Å². The zero-order valence-corrected chi connectivity index (χ0v) is 23.2. The summed E-state index contributed by atoms with van der Waals surface area (Å²) in [6, 6.07) is 0. The van der Waals surface area contributed by atoms with E-state index < -0.39 is 24.7 Å². The van der Waals surface area contributed by atoms with Crippen LogP contribution in [0.5, 0.6) is 0 Å². The predicted molar refractivity (Wildman–Crippen MR) is 142 cm³/mol.